The average molecular weight is 381 g/mol. The van der Waals surface area contributed by atoms with Crippen LogP contribution in [0.3, 0.4) is 0 Å². The number of ether oxygens (including phenoxy) is 1. The Hall–Kier alpha value is -0.890. The molecule has 20 heavy (non-hydrogen) atoms. The van der Waals surface area contributed by atoms with Crippen molar-refractivity contribution in [3.8, 4) is 0 Å². The lowest BCUT2D eigenvalue weighted by molar-refractivity contribution is 0.0943. The van der Waals surface area contributed by atoms with Crippen molar-refractivity contribution in [2.24, 2.45) is 0 Å². The summed E-state index contributed by atoms with van der Waals surface area (Å²) in [5.41, 5.74) is 5.43. The zero-order valence-electron chi connectivity index (χ0n) is 11.0. The summed E-state index contributed by atoms with van der Waals surface area (Å²) in [6, 6.07) is 5.05. The molecular weight excluding hydrogens is 366 g/mol. The van der Waals surface area contributed by atoms with Gasteiger partial charge in [0.15, 0.2) is 5.11 Å². The van der Waals surface area contributed by atoms with E-state index in [1.54, 1.807) is 25.3 Å². The lowest BCUT2D eigenvalue weighted by Gasteiger charge is -2.16. The van der Waals surface area contributed by atoms with Crippen molar-refractivity contribution in [3.63, 3.8) is 0 Å². The summed E-state index contributed by atoms with van der Waals surface area (Å²) in [5.74, 6) is -0.375. The van der Waals surface area contributed by atoms with E-state index in [1.165, 1.54) is 0 Å². The number of amides is 1. The fraction of sp³-hybridized carbons (Fsp3) is 0.333. The number of carbonyl (C=O) groups excluding carboxylic acids is 1. The third kappa shape index (κ3) is 5.62. The van der Waals surface area contributed by atoms with Crippen LogP contribution in [0.2, 0.25) is 5.02 Å². The van der Waals surface area contributed by atoms with E-state index in [0.29, 0.717) is 22.3 Å². The Bertz CT molecular complexity index is 502. The topological polar surface area (TPSA) is 62.4 Å². The SMILES string of the molecule is COC[C@H](C)NC(=S)NNC(=O)c1cc(Br)ccc1Cl. The van der Waals surface area contributed by atoms with E-state index in [2.05, 4.69) is 32.1 Å². The molecule has 1 atom stereocenters. The van der Waals surface area contributed by atoms with Crippen molar-refractivity contribution in [3.05, 3.63) is 33.3 Å². The average Bonchev–Trinajstić information content (AvgIpc) is 2.39. The van der Waals surface area contributed by atoms with Gasteiger partial charge in [0.1, 0.15) is 0 Å². The molecule has 1 rings (SSSR count). The Morgan fingerprint density at radius 1 is 1.50 bits per heavy atom. The standard InChI is InChI=1S/C12H15BrClN3O2S/c1-7(6-19-2)15-12(20)17-16-11(18)9-5-8(13)3-4-10(9)14/h3-5,7H,6H2,1-2H3,(H,16,18)(H2,15,17,20)/t7-/m0/s1. The van der Waals surface area contributed by atoms with Gasteiger partial charge in [-0.1, -0.05) is 27.5 Å². The molecule has 1 amide bonds. The molecule has 0 saturated heterocycles. The van der Waals surface area contributed by atoms with Gasteiger partial charge in [-0.05, 0) is 37.3 Å². The predicted molar refractivity (Wildman–Crippen MR) is 86.8 cm³/mol. The highest BCUT2D eigenvalue weighted by Crippen LogP contribution is 2.20. The molecule has 0 aliphatic rings. The molecule has 0 aromatic heterocycles. The molecule has 0 radical (unpaired) electrons. The van der Waals surface area contributed by atoms with Gasteiger partial charge in [0.05, 0.1) is 17.2 Å². The van der Waals surface area contributed by atoms with Gasteiger partial charge >= 0.3 is 0 Å². The highest BCUT2D eigenvalue weighted by Gasteiger charge is 2.11. The van der Waals surface area contributed by atoms with Crippen molar-refractivity contribution in [2.75, 3.05) is 13.7 Å². The van der Waals surface area contributed by atoms with Crippen LogP contribution in [-0.2, 0) is 4.74 Å². The van der Waals surface area contributed by atoms with E-state index < -0.39 is 0 Å². The fourth-order valence-corrected chi connectivity index (χ4v) is 2.22. The highest BCUT2D eigenvalue weighted by atomic mass is 79.9. The summed E-state index contributed by atoms with van der Waals surface area (Å²) < 4.78 is 5.73. The number of hydrogen-bond acceptors (Lipinski definition) is 3. The molecule has 0 unspecified atom stereocenters. The second kappa shape index (κ2) is 8.41. The van der Waals surface area contributed by atoms with Gasteiger partial charge in [-0.3, -0.25) is 15.6 Å². The van der Waals surface area contributed by atoms with Gasteiger partial charge in [-0.15, -0.1) is 0 Å². The van der Waals surface area contributed by atoms with Crippen molar-refractivity contribution in [1.29, 1.82) is 0 Å². The number of thiocarbonyl (C=S) groups is 1. The van der Waals surface area contributed by atoms with E-state index in [-0.39, 0.29) is 11.9 Å². The lowest BCUT2D eigenvalue weighted by atomic mass is 10.2. The first-order valence-corrected chi connectivity index (χ1v) is 7.32. The van der Waals surface area contributed by atoms with Crippen LogP contribution < -0.4 is 16.2 Å². The maximum absolute atomic E-state index is 11.9. The number of methoxy groups -OCH3 is 1. The van der Waals surface area contributed by atoms with Gasteiger partial charge in [0.25, 0.3) is 5.91 Å². The molecule has 0 aliphatic heterocycles. The Balaban J connectivity index is 2.51. The molecule has 5 nitrogen and oxygen atoms in total. The van der Waals surface area contributed by atoms with Crippen LogP contribution in [0.25, 0.3) is 0 Å². The first-order chi connectivity index (χ1) is 9.43. The molecule has 0 saturated carbocycles. The minimum Gasteiger partial charge on any atom is -0.383 e. The number of halogens is 2. The zero-order valence-corrected chi connectivity index (χ0v) is 14.2. The summed E-state index contributed by atoms with van der Waals surface area (Å²) in [6.45, 7) is 2.41. The van der Waals surface area contributed by atoms with Crippen LogP contribution in [0.4, 0.5) is 0 Å². The molecule has 0 fully saturated rings. The number of nitrogens with one attached hydrogen (secondary N) is 3. The van der Waals surface area contributed by atoms with E-state index in [9.17, 15) is 4.79 Å². The second-order valence-corrected chi connectivity index (χ2v) is 5.76. The molecule has 1 aromatic carbocycles. The molecule has 0 spiro atoms. The summed E-state index contributed by atoms with van der Waals surface area (Å²) in [7, 11) is 1.60. The molecule has 110 valence electrons. The molecular formula is C12H15BrClN3O2S. The van der Waals surface area contributed by atoms with Gasteiger partial charge < -0.3 is 10.1 Å². The quantitative estimate of drug-likeness (QED) is 0.552. The first-order valence-electron chi connectivity index (χ1n) is 5.75. The Morgan fingerprint density at radius 3 is 2.85 bits per heavy atom. The monoisotopic (exact) mass is 379 g/mol. The summed E-state index contributed by atoms with van der Waals surface area (Å²) in [4.78, 5) is 11.9. The summed E-state index contributed by atoms with van der Waals surface area (Å²) in [5, 5.41) is 3.61. The highest BCUT2D eigenvalue weighted by molar-refractivity contribution is 9.10. The third-order valence-electron chi connectivity index (χ3n) is 2.26. The normalized spacial score (nSPS) is 11.6. The molecule has 1 aromatic rings. The van der Waals surface area contributed by atoms with E-state index in [0.717, 1.165) is 4.47 Å². The van der Waals surface area contributed by atoms with Gasteiger partial charge in [0, 0.05) is 17.6 Å². The number of hydrogen-bond donors (Lipinski definition) is 3. The number of carbonyl (C=O) groups is 1. The smallest absolute Gasteiger partial charge is 0.271 e. The van der Waals surface area contributed by atoms with Crippen molar-refractivity contribution in [1.82, 2.24) is 16.2 Å². The Labute approximate surface area is 136 Å². The van der Waals surface area contributed by atoms with Gasteiger partial charge in [-0.2, -0.15) is 0 Å². The maximum atomic E-state index is 11.9. The van der Waals surface area contributed by atoms with Crippen LogP contribution in [0, 0.1) is 0 Å². The molecule has 8 heteroatoms. The van der Waals surface area contributed by atoms with Gasteiger partial charge in [0.2, 0.25) is 0 Å². The van der Waals surface area contributed by atoms with Gasteiger partial charge in [-0.25, -0.2) is 0 Å². The summed E-state index contributed by atoms with van der Waals surface area (Å²) >= 11 is 14.3. The molecule has 0 heterocycles. The minimum atomic E-state index is -0.375. The number of benzene rings is 1. The molecule has 0 bridgehead atoms. The molecule has 3 N–H and O–H groups in total. The summed E-state index contributed by atoms with van der Waals surface area (Å²) in [6.07, 6.45) is 0. The minimum absolute atomic E-state index is 0.0337. The predicted octanol–water partition coefficient (Wildman–Crippen LogP) is 2.25. The van der Waals surface area contributed by atoms with E-state index in [1.807, 2.05) is 6.92 Å². The first kappa shape index (κ1) is 17.2. The van der Waals surface area contributed by atoms with Crippen LogP contribution in [0.1, 0.15) is 17.3 Å². The van der Waals surface area contributed by atoms with E-state index >= 15 is 0 Å². The fourth-order valence-electron chi connectivity index (χ4n) is 1.40. The zero-order chi connectivity index (χ0) is 15.1. The van der Waals surface area contributed by atoms with E-state index in [4.69, 9.17) is 28.6 Å². The Kier molecular flexibility index (Phi) is 7.22. The lowest BCUT2D eigenvalue weighted by Crippen LogP contribution is -2.50. The second-order valence-electron chi connectivity index (χ2n) is 4.03. The van der Waals surface area contributed by atoms with Crippen molar-refractivity contribution >= 4 is 50.8 Å². The third-order valence-corrected chi connectivity index (χ3v) is 3.30. The Morgan fingerprint density at radius 2 is 2.20 bits per heavy atom. The van der Waals surface area contributed by atoms with Crippen LogP contribution in [0.5, 0.6) is 0 Å². The van der Waals surface area contributed by atoms with Crippen molar-refractivity contribution < 1.29 is 9.53 Å². The largest absolute Gasteiger partial charge is 0.383 e. The van der Waals surface area contributed by atoms with Crippen LogP contribution in [0.15, 0.2) is 22.7 Å². The molecule has 0 aliphatic carbocycles. The van der Waals surface area contributed by atoms with Crippen molar-refractivity contribution in [2.45, 2.75) is 13.0 Å². The van der Waals surface area contributed by atoms with Crippen LogP contribution >= 0.6 is 39.7 Å². The van der Waals surface area contributed by atoms with Crippen LogP contribution in [-0.4, -0.2) is 30.8 Å². The number of hydrazine groups is 1. The number of rotatable bonds is 4. The maximum Gasteiger partial charge on any atom is 0.271 e.